The van der Waals surface area contributed by atoms with Crippen LogP contribution in [0.4, 0.5) is 0 Å². The van der Waals surface area contributed by atoms with E-state index in [1.165, 1.54) is 68.4 Å². The maximum Gasteiger partial charge on any atom is 0.217 e. The molecule has 0 aromatic heterocycles. The Hall–Kier alpha value is -1.93. The van der Waals surface area contributed by atoms with Gasteiger partial charge in [-0.2, -0.15) is 0 Å². The molecule has 0 aromatic rings. The molecule has 2 rings (SSSR count). The second kappa shape index (κ2) is 10.6. The van der Waals surface area contributed by atoms with Gasteiger partial charge in [0, 0.05) is 14.0 Å². The number of carbonyl (C=O) groups is 2. The molecule has 13 heteroatoms. The van der Waals surface area contributed by atoms with E-state index in [1.807, 2.05) is 0 Å². The number of aliphatic hydroxyl groups excluding tert-OH is 2. The molecule has 2 saturated heterocycles. The fourth-order valence-electron chi connectivity index (χ4n) is 5.27. The third kappa shape index (κ3) is 4.59. The highest BCUT2D eigenvalue weighted by Crippen LogP contribution is 2.54. The van der Waals surface area contributed by atoms with E-state index in [-0.39, 0.29) is 0 Å². The average molecular weight is 549 g/mol. The topological polar surface area (TPSA) is 204 Å². The summed E-state index contributed by atoms with van der Waals surface area (Å²) in [4.78, 5) is 33.2. The number of hydrogen-bond acceptors (Lipinski definition) is 12. The molecule has 10 unspecified atom stereocenters. The summed E-state index contributed by atoms with van der Waals surface area (Å²) < 4.78 is 23.6. The van der Waals surface area contributed by atoms with E-state index < -0.39 is 76.1 Å². The first-order chi connectivity index (χ1) is 17.0. The zero-order chi connectivity index (χ0) is 30.3. The second-order valence-corrected chi connectivity index (χ2v) is 11.1. The Morgan fingerprint density at radius 1 is 1.11 bits per heavy atom. The van der Waals surface area contributed by atoms with Gasteiger partial charge in [-0.3, -0.25) is 4.79 Å². The number of hydrogen-bond donors (Lipinski definition) is 5. The number of aliphatic carboxylic acids is 1. The Morgan fingerprint density at radius 2 is 1.58 bits per heavy atom. The van der Waals surface area contributed by atoms with Gasteiger partial charge in [0.2, 0.25) is 5.91 Å². The van der Waals surface area contributed by atoms with E-state index in [0.29, 0.717) is 0 Å². The molecule has 13 nitrogen and oxygen atoms in total. The molecule has 0 bridgehead atoms. The molecule has 2 fully saturated rings. The van der Waals surface area contributed by atoms with Crippen molar-refractivity contribution < 1.29 is 58.9 Å². The standard InChI is InChI=1S/C23H41NO11.C2H2O/c1-12-19(5,30)22(8,31)23(9,21(7,33-12)15(28)29)35-16-18(4,24-13(2)26)20(6,32-10)14(27)17(3,11-25)34-16;1-2-3/h12,14,16,25,27,30-31H,11H2,1-10H3,(H,24,26)(H,28,29);1H2/p-1. The molecule has 0 radical (unpaired) electrons. The van der Waals surface area contributed by atoms with Gasteiger partial charge in [0.15, 0.2) is 6.29 Å². The van der Waals surface area contributed by atoms with Gasteiger partial charge >= 0.3 is 0 Å². The van der Waals surface area contributed by atoms with Crippen LogP contribution in [-0.2, 0) is 33.3 Å². The monoisotopic (exact) mass is 548 g/mol. The second-order valence-electron chi connectivity index (χ2n) is 11.1. The summed E-state index contributed by atoms with van der Waals surface area (Å²) in [7, 11) is 1.28. The summed E-state index contributed by atoms with van der Waals surface area (Å²) in [6.07, 6.45) is -4.33. The van der Waals surface area contributed by atoms with Crippen molar-refractivity contribution in [3.63, 3.8) is 0 Å². The number of carbonyl (C=O) groups excluding carboxylic acids is 3. The minimum absolute atomic E-state index is 0.562. The van der Waals surface area contributed by atoms with Gasteiger partial charge in [0.05, 0.1) is 18.7 Å². The quantitative estimate of drug-likeness (QED) is 0.228. The smallest absolute Gasteiger partial charge is 0.217 e. The number of nitrogens with one attached hydrogen (secondary N) is 1. The number of methoxy groups -OCH3 is 1. The average Bonchev–Trinajstić information content (AvgIpc) is 2.80. The van der Waals surface area contributed by atoms with Gasteiger partial charge in [-0.25, -0.2) is 4.79 Å². The normalized spacial score (nSPS) is 48.7. The number of ether oxygens (including phenoxy) is 4. The van der Waals surface area contributed by atoms with Crippen molar-refractivity contribution in [1.29, 1.82) is 0 Å². The maximum atomic E-state index is 12.4. The Morgan fingerprint density at radius 3 is 1.95 bits per heavy atom. The van der Waals surface area contributed by atoms with Gasteiger partial charge in [0.25, 0.3) is 0 Å². The SMILES string of the molecule is C=C=O.COC1(C)C(O)C(C)(CO)OC(OC2(C)C(C)(C(=O)[O-])OC(C)C(C)(O)C2(C)O)C1(C)NC(C)=O. The van der Waals surface area contributed by atoms with Gasteiger partial charge in [0.1, 0.15) is 51.2 Å². The Kier molecular flexibility index (Phi) is 9.48. The summed E-state index contributed by atoms with van der Waals surface area (Å²) in [5.74, 6) is -1.05. The minimum atomic E-state index is -2.34. The van der Waals surface area contributed by atoms with E-state index in [9.17, 15) is 35.1 Å². The van der Waals surface area contributed by atoms with E-state index >= 15 is 0 Å². The van der Waals surface area contributed by atoms with Crippen molar-refractivity contribution in [2.24, 2.45) is 0 Å². The van der Waals surface area contributed by atoms with Crippen LogP contribution in [0.15, 0.2) is 6.58 Å². The summed E-state index contributed by atoms with van der Waals surface area (Å²) in [6.45, 7) is 13.7. The van der Waals surface area contributed by atoms with Crippen molar-refractivity contribution in [2.75, 3.05) is 13.7 Å². The molecule has 0 saturated carbocycles. The molecule has 38 heavy (non-hydrogen) atoms. The van der Waals surface area contributed by atoms with Crippen LogP contribution in [0, 0.1) is 0 Å². The van der Waals surface area contributed by atoms with Crippen molar-refractivity contribution >= 4 is 17.8 Å². The third-order valence-electron chi connectivity index (χ3n) is 8.91. The molecule has 2 aliphatic rings. The predicted octanol–water partition coefficient (Wildman–Crippen LogP) is -2.04. The highest BCUT2D eigenvalue weighted by atomic mass is 16.7. The van der Waals surface area contributed by atoms with E-state index in [4.69, 9.17) is 23.7 Å². The van der Waals surface area contributed by atoms with E-state index in [0.717, 1.165) is 6.92 Å². The van der Waals surface area contributed by atoms with Gasteiger partial charge in [-0.1, -0.05) is 0 Å². The van der Waals surface area contributed by atoms with Gasteiger partial charge < -0.3 is 54.6 Å². The molecule has 0 spiro atoms. The molecule has 2 aliphatic heterocycles. The third-order valence-corrected chi connectivity index (χ3v) is 8.91. The number of aliphatic hydroxyl groups is 4. The highest BCUT2D eigenvalue weighted by Gasteiger charge is 2.74. The molecular weight excluding hydrogens is 506 g/mol. The molecule has 10 atom stereocenters. The van der Waals surface area contributed by atoms with Crippen LogP contribution in [-0.4, -0.2) is 110 Å². The minimum Gasteiger partial charge on any atom is -0.547 e. The van der Waals surface area contributed by atoms with Crippen LogP contribution in [0.5, 0.6) is 0 Å². The highest BCUT2D eigenvalue weighted by molar-refractivity contribution is 5.78. The van der Waals surface area contributed by atoms with Crippen LogP contribution in [0.1, 0.15) is 62.3 Å². The Bertz CT molecular complexity index is 949. The molecule has 0 aliphatic carbocycles. The van der Waals surface area contributed by atoms with Crippen molar-refractivity contribution in [1.82, 2.24) is 5.32 Å². The number of rotatable bonds is 6. The summed E-state index contributed by atoms with van der Waals surface area (Å²) in [5, 5.41) is 59.2. The van der Waals surface area contributed by atoms with Gasteiger partial charge in [-0.05, 0) is 62.0 Å². The number of amides is 1. The molecular formula is C25H42NO12-. The van der Waals surface area contributed by atoms with E-state index in [1.54, 1.807) is 0 Å². The number of carboxylic acid groups (broad SMARTS) is 1. The molecule has 0 aromatic carbocycles. The van der Waals surface area contributed by atoms with Crippen LogP contribution in [0.25, 0.3) is 0 Å². The van der Waals surface area contributed by atoms with Crippen molar-refractivity contribution in [3.05, 3.63) is 6.58 Å². The molecule has 1 amide bonds. The maximum absolute atomic E-state index is 12.4. The summed E-state index contributed by atoms with van der Waals surface area (Å²) in [5.41, 5.74) is -14.0. The zero-order valence-electron chi connectivity index (χ0n) is 23.7. The largest absolute Gasteiger partial charge is 0.547 e. The van der Waals surface area contributed by atoms with Crippen LogP contribution in [0.3, 0.4) is 0 Å². The first kappa shape index (κ1) is 34.1. The van der Waals surface area contributed by atoms with E-state index in [2.05, 4.69) is 11.9 Å². The lowest BCUT2D eigenvalue weighted by Gasteiger charge is -2.66. The zero-order valence-corrected chi connectivity index (χ0v) is 23.7. The van der Waals surface area contributed by atoms with Crippen LogP contribution >= 0.6 is 0 Å². The Labute approximate surface area is 222 Å². The lowest BCUT2D eigenvalue weighted by atomic mass is 9.61. The number of carboxylic acids is 1. The summed E-state index contributed by atoms with van der Waals surface area (Å²) >= 11 is 0. The molecule has 5 N–H and O–H groups in total. The first-order valence-corrected chi connectivity index (χ1v) is 12.0. The van der Waals surface area contributed by atoms with Crippen LogP contribution in [0.2, 0.25) is 0 Å². The Balaban J connectivity index is 0.00000229. The fraction of sp³-hybridized carbons (Fsp3) is 0.840. The molecule has 220 valence electrons. The fourth-order valence-corrected chi connectivity index (χ4v) is 5.27. The van der Waals surface area contributed by atoms with Crippen molar-refractivity contribution in [2.45, 2.75) is 120 Å². The van der Waals surface area contributed by atoms with Crippen LogP contribution < -0.4 is 10.4 Å². The lowest BCUT2D eigenvalue weighted by molar-refractivity contribution is -0.441. The molecule has 2 heterocycles. The van der Waals surface area contributed by atoms with Gasteiger partial charge in [-0.15, -0.1) is 0 Å². The lowest BCUT2D eigenvalue weighted by Crippen LogP contribution is -2.87. The predicted molar refractivity (Wildman–Crippen MR) is 130 cm³/mol. The van der Waals surface area contributed by atoms with Crippen molar-refractivity contribution in [3.8, 4) is 0 Å². The first-order valence-electron chi connectivity index (χ1n) is 12.0. The summed E-state index contributed by atoms with van der Waals surface area (Å²) in [6, 6.07) is 0.